The molecule has 11 heteroatoms. The van der Waals surface area contributed by atoms with Crippen molar-refractivity contribution in [3.05, 3.63) is 34.6 Å². The fourth-order valence-electron chi connectivity index (χ4n) is 2.37. The number of hydrogen-bond acceptors (Lipinski definition) is 9. The van der Waals surface area contributed by atoms with Crippen molar-refractivity contribution in [1.82, 2.24) is 25.0 Å². The summed E-state index contributed by atoms with van der Waals surface area (Å²) in [6, 6.07) is 5.73. The predicted octanol–water partition coefficient (Wildman–Crippen LogP) is 2.86. The van der Waals surface area contributed by atoms with Crippen LogP contribution in [0.5, 0.6) is 11.5 Å². The topological polar surface area (TPSA) is 104 Å². The fourth-order valence-corrected chi connectivity index (χ4v) is 3.79. The Kier molecular flexibility index (Phi) is 7.04. The Morgan fingerprint density at radius 1 is 1.24 bits per heavy atom. The monoisotopic (exact) mass is 434 g/mol. The van der Waals surface area contributed by atoms with Gasteiger partial charge in [0.15, 0.2) is 22.5 Å². The van der Waals surface area contributed by atoms with Gasteiger partial charge in [0, 0.05) is 7.05 Å². The summed E-state index contributed by atoms with van der Waals surface area (Å²) >= 11 is 2.67. The first kappa shape index (κ1) is 21.1. The zero-order valence-electron chi connectivity index (χ0n) is 16.6. The molecule has 29 heavy (non-hydrogen) atoms. The Morgan fingerprint density at radius 2 is 2.07 bits per heavy atom. The van der Waals surface area contributed by atoms with Crippen LogP contribution in [0.25, 0.3) is 0 Å². The summed E-state index contributed by atoms with van der Waals surface area (Å²) in [6.07, 6.45) is 0.792. The van der Waals surface area contributed by atoms with Crippen LogP contribution >= 0.6 is 23.1 Å². The number of amides is 1. The number of nitrogens with one attached hydrogen (secondary N) is 1. The van der Waals surface area contributed by atoms with Gasteiger partial charge in [0.1, 0.15) is 11.6 Å². The molecule has 0 radical (unpaired) electrons. The molecule has 0 atom stereocenters. The van der Waals surface area contributed by atoms with Crippen molar-refractivity contribution in [3.8, 4) is 11.5 Å². The Morgan fingerprint density at radius 3 is 2.79 bits per heavy atom. The second-order valence-electron chi connectivity index (χ2n) is 6.09. The average molecular weight is 435 g/mol. The second-order valence-corrected chi connectivity index (χ2v) is 8.10. The van der Waals surface area contributed by atoms with Gasteiger partial charge in [-0.15, -0.1) is 20.4 Å². The Hall–Kier alpha value is -2.66. The van der Waals surface area contributed by atoms with Gasteiger partial charge in [-0.2, -0.15) is 0 Å². The van der Waals surface area contributed by atoms with Crippen LogP contribution in [-0.4, -0.2) is 43.7 Å². The maximum atomic E-state index is 12.1. The minimum atomic E-state index is -0.168. The largest absolute Gasteiger partial charge is 0.493 e. The van der Waals surface area contributed by atoms with Crippen LogP contribution in [0.15, 0.2) is 23.4 Å². The first-order chi connectivity index (χ1) is 14.0. The number of benzene rings is 1. The highest BCUT2D eigenvalue weighted by Gasteiger charge is 2.14. The summed E-state index contributed by atoms with van der Waals surface area (Å²) in [6.45, 7) is 4.22. The highest BCUT2D eigenvalue weighted by molar-refractivity contribution is 7.99. The zero-order valence-corrected chi connectivity index (χ0v) is 18.3. The first-order valence-electron chi connectivity index (χ1n) is 8.90. The van der Waals surface area contributed by atoms with Crippen molar-refractivity contribution in [3.63, 3.8) is 0 Å². The molecule has 2 aromatic heterocycles. The number of aryl methyl sites for hydroxylation is 2. The molecular weight excluding hydrogens is 412 g/mol. The Labute approximate surface area is 176 Å². The van der Waals surface area contributed by atoms with Crippen LogP contribution in [0, 0.1) is 6.92 Å². The lowest BCUT2D eigenvalue weighted by atomic mass is 10.2. The van der Waals surface area contributed by atoms with Gasteiger partial charge in [-0.25, -0.2) is 0 Å². The van der Waals surface area contributed by atoms with E-state index in [9.17, 15) is 4.79 Å². The van der Waals surface area contributed by atoms with Gasteiger partial charge in [-0.1, -0.05) is 36.1 Å². The molecule has 1 amide bonds. The minimum absolute atomic E-state index is 0.168. The van der Waals surface area contributed by atoms with Gasteiger partial charge in [0.05, 0.1) is 12.9 Å². The zero-order chi connectivity index (χ0) is 20.8. The van der Waals surface area contributed by atoms with E-state index < -0.39 is 0 Å². The van der Waals surface area contributed by atoms with Crippen LogP contribution in [0.2, 0.25) is 0 Å². The number of carbonyl (C=O) groups excluding carboxylic acids is 1. The van der Waals surface area contributed by atoms with Crippen molar-refractivity contribution >= 4 is 34.1 Å². The number of nitrogens with zero attached hydrogens (tertiary/aromatic N) is 5. The quantitative estimate of drug-likeness (QED) is 0.513. The van der Waals surface area contributed by atoms with Gasteiger partial charge < -0.3 is 14.0 Å². The molecule has 0 saturated heterocycles. The number of carbonyl (C=O) groups is 1. The number of aromatic nitrogens is 5. The smallest absolute Gasteiger partial charge is 0.236 e. The Balaban J connectivity index is 1.54. The van der Waals surface area contributed by atoms with E-state index in [-0.39, 0.29) is 18.3 Å². The summed E-state index contributed by atoms with van der Waals surface area (Å²) in [5, 5.41) is 21.0. The summed E-state index contributed by atoms with van der Waals surface area (Å²) in [5.41, 5.74) is 1.09. The van der Waals surface area contributed by atoms with Gasteiger partial charge in [0.2, 0.25) is 11.0 Å². The third-order valence-electron chi connectivity index (χ3n) is 3.95. The van der Waals surface area contributed by atoms with Crippen molar-refractivity contribution < 1.29 is 14.3 Å². The molecule has 0 fully saturated rings. The third kappa shape index (κ3) is 5.45. The number of ether oxygens (including phenoxy) is 2. The molecule has 3 rings (SSSR count). The summed E-state index contributed by atoms with van der Waals surface area (Å²) in [7, 11) is 3.44. The molecule has 1 aromatic carbocycles. The number of methoxy groups -OCH3 is 1. The molecule has 3 aromatic rings. The molecule has 0 spiro atoms. The lowest BCUT2D eigenvalue weighted by Gasteiger charge is -2.11. The van der Waals surface area contributed by atoms with Crippen molar-refractivity contribution in [1.29, 1.82) is 0 Å². The minimum Gasteiger partial charge on any atom is -0.493 e. The van der Waals surface area contributed by atoms with Crippen LogP contribution in [0.1, 0.15) is 23.3 Å². The number of thioether (sulfide) groups is 1. The van der Waals surface area contributed by atoms with Gasteiger partial charge in [-0.05, 0) is 31.0 Å². The third-order valence-corrected chi connectivity index (χ3v) is 5.95. The van der Waals surface area contributed by atoms with E-state index >= 15 is 0 Å². The standard InChI is InChI=1S/C18H22N6O3S2/c1-5-16-21-22-17(29-16)19-15(25)10-28-18-23-20-14(24(18)3)9-27-12-7-6-11(2)8-13(12)26-4/h6-8H,5,9-10H2,1-4H3,(H,19,22,25). The van der Waals surface area contributed by atoms with E-state index in [4.69, 9.17) is 9.47 Å². The van der Waals surface area contributed by atoms with E-state index in [0.29, 0.717) is 27.6 Å². The molecule has 0 saturated carbocycles. The lowest BCUT2D eigenvalue weighted by Crippen LogP contribution is -2.14. The molecule has 0 aliphatic carbocycles. The maximum absolute atomic E-state index is 12.1. The lowest BCUT2D eigenvalue weighted by molar-refractivity contribution is -0.113. The van der Waals surface area contributed by atoms with Crippen LogP contribution in [0.3, 0.4) is 0 Å². The second kappa shape index (κ2) is 9.70. The van der Waals surface area contributed by atoms with Crippen LogP contribution in [0.4, 0.5) is 5.13 Å². The van der Waals surface area contributed by atoms with E-state index in [1.165, 1.54) is 23.1 Å². The molecule has 0 bridgehead atoms. The van der Waals surface area contributed by atoms with Gasteiger partial charge in [0.25, 0.3) is 0 Å². The fraction of sp³-hybridized carbons (Fsp3) is 0.389. The van der Waals surface area contributed by atoms with Gasteiger partial charge in [-0.3, -0.25) is 10.1 Å². The molecule has 0 aliphatic heterocycles. The highest BCUT2D eigenvalue weighted by Crippen LogP contribution is 2.28. The number of anilines is 1. The van der Waals surface area contributed by atoms with Crippen LogP contribution in [-0.2, 0) is 24.9 Å². The van der Waals surface area contributed by atoms with Crippen molar-refractivity contribution in [2.24, 2.45) is 7.05 Å². The first-order valence-corrected chi connectivity index (χ1v) is 10.7. The molecule has 0 unspecified atom stereocenters. The van der Waals surface area contributed by atoms with Crippen molar-refractivity contribution in [2.75, 3.05) is 18.2 Å². The normalized spacial score (nSPS) is 10.8. The highest BCUT2D eigenvalue weighted by atomic mass is 32.2. The maximum Gasteiger partial charge on any atom is 0.236 e. The molecular formula is C18H22N6O3S2. The number of rotatable bonds is 9. The predicted molar refractivity (Wildman–Crippen MR) is 112 cm³/mol. The molecule has 0 aliphatic rings. The van der Waals surface area contributed by atoms with Crippen LogP contribution < -0.4 is 14.8 Å². The molecule has 154 valence electrons. The van der Waals surface area contributed by atoms with E-state index in [2.05, 4.69) is 25.7 Å². The molecule has 1 N–H and O–H groups in total. The SMILES string of the molecule is CCc1nnc(NC(=O)CSc2nnc(COc3ccc(C)cc3OC)n2C)s1. The molecule has 9 nitrogen and oxygen atoms in total. The number of hydrogen-bond donors (Lipinski definition) is 1. The van der Waals surface area contributed by atoms with E-state index in [0.717, 1.165) is 17.0 Å². The summed E-state index contributed by atoms with van der Waals surface area (Å²) in [5.74, 6) is 1.98. The summed E-state index contributed by atoms with van der Waals surface area (Å²) < 4.78 is 13.0. The summed E-state index contributed by atoms with van der Waals surface area (Å²) in [4.78, 5) is 12.1. The van der Waals surface area contributed by atoms with E-state index in [1.54, 1.807) is 11.7 Å². The average Bonchev–Trinajstić information content (AvgIpc) is 3.31. The van der Waals surface area contributed by atoms with Crippen molar-refractivity contribution in [2.45, 2.75) is 32.0 Å². The van der Waals surface area contributed by atoms with Gasteiger partial charge >= 0.3 is 0 Å². The molecule has 2 heterocycles. The van der Waals surface area contributed by atoms with E-state index in [1.807, 2.05) is 39.1 Å². The Bertz CT molecular complexity index is 988.